The summed E-state index contributed by atoms with van der Waals surface area (Å²) >= 11 is 0. The van der Waals surface area contributed by atoms with Crippen LogP contribution in [-0.4, -0.2) is 18.1 Å². The maximum Gasteiger partial charge on any atom is 0.126 e. The number of benzene rings is 1. The second kappa shape index (κ2) is 6.25. The van der Waals surface area contributed by atoms with Gasteiger partial charge in [-0.2, -0.15) is 0 Å². The summed E-state index contributed by atoms with van der Waals surface area (Å²) in [7, 11) is 0. The molecule has 1 atom stereocenters. The number of hydrogen-bond donors (Lipinski definition) is 2. The molecule has 0 aliphatic rings. The molecular weight excluding hydrogens is 234 g/mol. The van der Waals surface area contributed by atoms with Gasteiger partial charge in [0.05, 0.1) is 0 Å². The van der Waals surface area contributed by atoms with Crippen LogP contribution >= 0.6 is 0 Å². The molecule has 0 fully saturated rings. The quantitative estimate of drug-likeness (QED) is 0.846. The molecule has 1 rings (SSSR count). The minimum atomic E-state index is -0.535. The highest BCUT2D eigenvalue weighted by Crippen LogP contribution is 2.08. The fourth-order valence-corrected chi connectivity index (χ4v) is 1.54. The van der Waals surface area contributed by atoms with Crippen LogP contribution in [0, 0.1) is 11.6 Å². The molecule has 0 aliphatic heterocycles. The third-order valence-corrected chi connectivity index (χ3v) is 2.52. The largest absolute Gasteiger partial charge is 0.311 e. The van der Waals surface area contributed by atoms with Crippen molar-refractivity contribution in [3.05, 3.63) is 35.4 Å². The van der Waals surface area contributed by atoms with Crippen LogP contribution in [0.5, 0.6) is 0 Å². The Hall–Kier alpha value is -1.00. The van der Waals surface area contributed by atoms with Crippen LogP contribution in [-0.2, 0) is 6.54 Å². The SMILES string of the molecule is CC(CNC(C)(C)C)NCc1cc(F)cc(F)c1. The molecule has 0 aromatic heterocycles. The summed E-state index contributed by atoms with van der Waals surface area (Å²) in [5, 5.41) is 6.60. The van der Waals surface area contributed by atoms with Crippen LogP contribution in [0.3, 0.4) is 0 Å². The van der Waals surface area contributed by atoms with Gasteiger partial charge >= 0.3 is 0 Å². The molecule has 1 aromatic rings. The highest BCUT2D eigenvalue weighted by Gasteiger charge is 2.10. The first-order valence-electron chi connectivity index (χ1n) is 6.19. The van der Waals surface area contributed by atoms with Crippen LogP contribution in [0.25, 0.3) is 0 Å². The molecule has 1 aromatic carbocycles. The van der Waals surface area contributed by atoms with E-state index in [1.54, 1.807) is 0 Å². The van der Waals surface area contributed by atoms with Crippen LogP contribution in [0.15, 0.2) is 18.2 Å². The molecule has 18 heavy (non-hydrogen) atoms. The van der Waals surface area contributed by atoms with Gasteiger partial charge in [0.2, 0.25) is 0 Å². The fraction of sp³-hybridized carbons (Fsp3) is 0.571. The van der Waals surface area contributed by atoms with Crippen molar-refractivity contribution in [2.75, 3.05) is 6.54 Å². The third-order valence-electron chi connectivity index (χ3n) is 2.52. The molecule has 2 nitrogen and oxygen atoms in total. The summed E-state index contributed by atoms with van der Waals surface area (Å²) in [6, 6.07) is 3.81. The number of nitrogens with one attached hydrogen (secondary N) is 2. The Morgan fingerprint density at radius 1 is 1.11 bits per heavy atom. The van der Waals surface area contributed by atoms with Gasteiger partial charge in [0, 0.05) is 30.7 Å². The van der Waals surface area contributed by atoms with Crippen LogP contribution in [0.1, 0.15) is 33.3 Å². The Morgan fingerprint density at radius 2 is 1.67 bits per heavy atom. The molecule has 0 heterocycles. The van der Waals surface area contributed by atoms with Crippen LogP contribution in [0.2, 0.25) is 0 Å². The van der Waals surface area contributed by atoms with Crippen molar-refractivity contribution in [1.82, 2.24) is 10.6 Å². The van der Waals surface area contributed by atoms with Crippen LogP contribution < -0.4 is 10.6 Å². The third kappa shape index (κ3) is 6.07. The van der Waals surface area contributed by atoms with E-state index in [1.807, 2.05) is 6.92 Å². The molecule has 102 valence electrons. The van der Waals surface area contributed by atoms with Crippen molar-refractivity contribution >= 4 is 0 Å². The zero-order chi connectivity index (χ0) is 13.8. The first kappa shape index (κ1) is 15.1. The topological polar surface area (TPSA) is 24.1 Å². The Bertz CT molecular complexity index is 366. The molecule has 0 aliphatic carbocycles. The van der Waals surface area contributed by atoms with Crippen LogP contribution in [0.4, 0.5) is 8.78 Å². The van der Waals surface area contributed by atoms with E-state index in [1.165, 1.54) is 12.1 Å². The van der Waals surface area contributed by atoms with E-state index >= 15 is 0 Å². The highest BCUT2D eigenvalue weighted by atomic mass is 19.1. The lowest BCUT2D eigenvalue weighted by Crippen LogP contribution is -2.44. The van der Waals surface area contributed by atoms with E-state index in [4.69, 9.17) is 0 Å². The molecule has 0 amide bonds. The maximum atomic E-state index is 13.0. The Kier molecular flexibility index (Phi) is 5.23. The van der Waals surface area contributed by atoms with Gasteiger partial charge in [-0.05, 0) is 45.4 Å². The Labute approximate surface area is 108 Å². The van der Waals surface area contributed by atoms with Crippen molar-refractivity contribution < 1.29 is 8.78 Å². The first-order valence-corrected chi connectivity index (χ1v) is 6.19. The summed E-state index contributed by atoms with van der Waals surface area (Å²) in [6.45, 7) is 9.60. The summed E-state index contributed by atoms with van der Waals surface area (Å²) in [6.07, 6.45) is 0. The van der Waals surface area contributed by atoms with Crippen molar-refractivity contribution in [3.63, 3.8) is 0 Å². The second-order valence-electron chi connectivity index (χ2n) is 5.69. The summed E-state index contributed by atoms with van der Waals surface area (Å²) in [4.78, 5) is 0. The van der Waals surface area contributed by atoms with Gasteiger partial charge in [-0.1, -0.05) is 0 Å². The molecule has 1 unspecified atom stereocenters. The molecule has 2 N–H and O–H groups in total. The Balaban J connectivity index is 2.40. The highest BCUT2D eigenvalue weighted by molar-refractivity contribution is 5.17. The van der Waals surface area contributed by atoms with Gasteiger partial charge in [-0.15, -0.1) is 0 Å². The smallest absolute Gasteiger partial charge is 0.126 e. The van der Waals surface area contributed by atoms with Gasteiger partial charge in [-0.25, -0.2) is 8.78 Å². The van der Waals surface area contributed by atoms with Crippen molar-refractivity contribution in [1.29, 1.82) is 0 Å². The minimum absolute atomic E-state index is 0.0703. The molecule has 0 saturated heterocycles. The van der Waals surface area contributed by atoms with E-state index in [2.05, 4.69) is 31.4 Å². The maximum absolute atomic E-state index is 13.0. The molecule has 0 radical (unpaired) electrons. The molecule has 0 bridgehead atoms. The minimum Gasteiger partial charge on any atom is -0.311 e. The zero-order valence-electron chi connectivity index (χ0n) is 11.5. The summed E-state index contributed by atoms with van der Waals surface area (Å²) in [5.41, 5.74) is 0.691. The van der Waals surface area contributed by atoms with Gasteiger partial charge < -0.3 is 10.6 Å². The average molecular weight is 256 g/mol. The average Bonchev–Trinajstić information content (AvgIpc) is 2.21. The van der Waals surface area contributed by atoms with Crippen molar-refractivity contribution in [2.24, 2.45) is 0 Å². The van der Waals surface area contributed by atoms with E-state index in [-0.39, 0.29) is 11.6 Å². The number of hydrogen-bond acceptors (Lipinski definition) is 2. The molecule has 0 saturated carbocycles. The zero-order valence-corrected chi connectivity index (χ0v) is 11.5. The van der Waals surface area contributed by atoms with Gasteiger partial charge in [0.1, 0.15) is 11.6 Å². The van der Waals surface area contributed by atoms with Crippen molar-refractivity contribution in [3.8, 4) is 0 Å². The summed E-state index contributed by atoms with van der Waals surface area (Å²) in [5.74, 6) is -1.07. The standard InChI is InChI=1S/C14H22F2N2/c1-10(8-18-14(2,3)4)17-9-11-5-12(15)7-13(16)6-11/h5-7,10,17-18H,8-9H2,1-4H3. The van der Waals surface area contributed by atoms with E-state index < -0.39 is 11.6 Å². The number of rotatable bonds is 5. The lowest BCUT2D eigenvalue weighted by Gasteiger charge is -2.24. The first-order chi connectivity index (χ1) is 8.26. The van der Waals surface area contributed by atoms with Crippen molar-refractivity contribution in [2.45, 2.75) is 45.8 Å². The summed E-state index contributed by atoms with van der Waals surface area (Å²) < 4.78 is 26.0. The Morgan fingerprint density at radius 3 is 2.17 bits per heavy atom. The monoisotopic (exact) mass is 256 g/mol. The second-order valence-corrected chi connectivity index (χ2v) is 5.69. The van der Waals surface area contributed by atoms with E-state index in [0.29, 0.717) is 12.1 Å². The lowest BCUT2D eigenvalue weighted by molar-refractivity contribution is 0.387. The van der Waals surface area contributed by atoms with Gasteiger partial charge in [-0.3, -0.25) is 0 Å². The lowest BCUT2D eigenvalue weighted by atomic mass is 10.1. The van der Waals surface area contributed by atoms with Gasteiger partial charge in [0.15, 0.2) is 0 Å². The van der Waals surface area contributed by atoms with Gasteiger partial charge in [0.25, 0.3) is 0 Å². The van der Waals surface area contributed by atoms with E-state index in [0.717, 1.165) is 12.6 Å². The fourth-order valence-electron chi connectivity index (χ4n) is 1.54. The molecular formula is C14H22F2N2. The van der Waals surface area contributed by atoms with E-state index in [9.17, 15) is 8.78 Å². The molecule has 0 spiro atoms. The predicted molar refractivity (Wildman–Crippen MR) is 70.4 cm³/mol. The molecule has 4 heteroatoms. The predicted octanol–water partition coefficient (Wildman–Crippen LogP) is 2.83. The normalized spacial score (nSPS) is 13.7. The number of halogens is 2.